The molecule has 4 N–H and O–H groups in total. The van der Waals surface area contributed by atoms with E-state index in [2.05, 4.69) is 4.98 Å². The van der Waals surface area contributed by atoms with Crippen molar-refractivity contribution in [2.45, 2.75) is 0 Å². The molecule has 0 radical (unpaired) electrons. The van der Waals surface area contributed by atoms with E-state index in [1.807, 2.05) is 0 Å². The topological polar surface area (TPSA) is 91.2 Å². The minimum atomic E-state index is -0.621. The van der Waals surface area contributed by atoms with Gasteiger partial charge in [-0.25, -0.2) is 4.98 Å². The molecule has 0 aliphatic rings. The summed E-state index contributed by atoms with van der Waals surface area (Å²) < 4.78 is 5.46. The largest absolute Gasteiger partial charge is 0.437 e. The molecule has 0 bridgehead atoms. The van der Waals surface area contributed by atoms with Gasteiger partial charge < -0.3 is 16.2 Å². The molecule has 92 valence electrons. The lowest BCUT2D eigenvalue weighted by molar-refractivity contribution is 0.0997. The number of halogens is 1. The van der Waals surface area contributed by atoms with Crippen LogP contribution < -0.4 is 16.2 Å². The van der Waals surface area contributed by atoms with Crippen LogP contribution in [0, 0.1) is 0 Å². The maximum atomic E-state index is 11.2. The molecule has 1 amide bonds. The Morgan fingerprint density at radius 2 is 2.11 bits per heavy atom. The number of hydrogen-bond acceptors (Lipinski definition) is 4. The molecule has 2 aromatic rings. The number of hydrogen-bond donors (Lipinski definition) is 2. The molecule has 0 aliphatic heterocycles. The van der Waals surface area contributed by atoms with Crippen molar-refractivity contribution in [3.8, 4) is 11.6 Å². The van der Waals surface area contributed by atoms with E-state index in [0.29, 0.717) is 16.5 Å². The van der Waals surface area contributed by atoms with Gasteiger partial charge in [-0.15, -0.1) is 0 Å². The maximum absolute atomic E-state index is 11.2. The minimum absolute atomic E-state index is 0.108. The molecule has 2 rings (SSSR count). The zero-order valence-electron chi connectivity index (χ0n) is 9.26. The number of rotatable bonds is 3. The summed E-state index contributed by atoms with van der Waals surface area (Å²) in [5.41, 5.74) is 11.5. The van der Waals surface area contributed by atoms with Crippen molar-refractivity contribution in [1.82, 2.24) is 4.98 Å². The van der Waals surface area contributed by atoms with Gasteiger partial charge in [-0.05, 0) is 30.3 Å². The van der Waals surface area contributed by atoms with E-state index in [0.717, 1.165) is 0 Å². The number of amides is 1. The van der Waals surface area contributed by atoms with Crippen molar-refractivity contribution in [1.29, 1.82) is 0 Å². The average Bonchev–Trinajstić information content (AvgIpc) is 2.33. The number of nitrogen functional groups attached to an aromatic ring is 1. The first-order valence-corrected chi connectivity index (χ1v) is 5.43. The highest BCUT2D eigenvalue weighted by atomic mass is 35.5. The number of carbonyl (C=O) groups excluding carboxylic acids is 1. The van der Waals surface area contributed by atoms with Crippen molar-refractivity contribution in [3.63, 3.8) is 0 Å². The SMILES string of the molecule is NC(=O)c1cccnc1Oc1ccc(N)cc1Cl. The summed E-state index contributed by atoms with van der Waals surface area (Å²) >= 11 is 5.96. The maximum Gasteiger partial charge on any atom is 0.254 e. The highest BCUT2D eigenvalue weighted by Gasteiger charge is 2.12. The van der Waals surface area contributed by atoms with E-state index in [4.69, 9.17) is 27.8 Å². The molecule has 0 fully saturated rings. The predicted octanol–water partition coefficient (Wildman–Crippen LogP) is 2.21. The number of pyridine rings is 1. The van der Waals surface area contributed by atoms with Crippen LogP contribution in [-0.2, 0) is 0 Å². The second-order valence-corrected chi connectivity index (χ2v) is 3.92. The number of anilines is 1. The number of ether oxygens (including phenoxy) is 1. The predicted molar refractivity (Wildman–Crippen MR) is 68.7 cm³/mol. The van der Waals surface area contributed by atoms with Crippen molar-refractivity contribution in [2.24, 2.45) is 5.73 Å². The molecular formula is C12H10ClN3O2. The van der Waals surface area contributed by atoms with Gasteiger partial charge in [0, 0.05) is 11.9 Å². The fraction of sp³-hybridized carbons (Fsp3) is 0. The highest BCUT2D eigenvalue weighted by molar-refractivity contribution is 6.32. The van der Waals surface area contributed by atoms with Gasteiger partial charge in [0.15, 0.2) is 0 Å². The summed E-state index contributed by atoms with van der Waals surface area (Å²) in [5.74, 6) is -0.159. The standard InChI is InChI=1S/C12H10ClN3O2/c13-9-6-7(14)3-4-10(9)18-12-8(11(15)17)2-1-5-16-12/h1-6H,14H2,(H2,15,17). The fourth-order valence-corrected chi connectivity index (χ4v) is 1.59. The fourth-order valence-electron chi connectivity index (χ4n) is 1.36. The molecular weight excluding hydrogens is 254 g/mol. The third kappa shape index (κ3) is 2.52. The van der Waals surface area contributed by atoms with E-state index in [-0.39, 0.29) is 11.4 Å². The Balaban J connectivity index is 2.37. The van der Waals surface area contributed by atoms with Crippen LogP contribution >= 0.6 is 11.6 Å². The molecule has 0 atom stereocenters. The van der Waals surface area contributed by atoms with E-state index >= 15 is 0 Å². The number of nitrogens with zero attached hydrogens (tertiary/aromatic N) is 1. The molecule has 6 heteroatoms. The minimum Gasteiger partial charge on any atom is -0.437 e. The van der Waals surface area contributed by atoms with Crippen molar-refractivity contribution >= 4 is 23.2 Å². The quantitative estimate of drug-likeness (QED) is 0.831. The second-order valence-electron chi connectivity index (χ2n) is 3.51. The smallest absolute Gasteiger partial charge is 0.254 e. The van der Waals surface area contributed by atoms with E-state index in [9.17, 15) is 4.79 Å². The van der Waals surface area contributed by atoms with Crippen LogP contribution in [-0.4, -0.2) is 10.9 Å². The second kappa shape index (κ2) is 4.93. The molecule has 0 saturated carbocycles. The lowest BCUT2D eigenvalue weighted by Gasteiger charge is -2.09. The summed E-state index contributed by atoms with van der Waals surface area (Å²) in [6, 6.07) is 7.89. The van der Waals surface area contributed by atoms with Crippen LogP contribution in [0.5, 0.6) is 11.6 Å². The molecule has 5 nitrogen and oxygen atoms in total. The monoisotopic (exact) mass is 263 g/mol. The lowest BCUT2D eigenvalue weighted by Crippen LogP contribution is -2.12. The van der Waals surface area contributed by atoms with Gasteiger partial charge in [0.05, 0.1) is 5.02 Å². The zero-order chi connectivity index (χ0) is 13.1. The van der Waals surface area contributed by atoms with Crippen molar-refractivity contribution < 1.29 is 9.53 Å². The number of aromatic nitrogens is 1. The molecule has 1 aromatic heterocycles. The summed E-state index contributed by atoms with van der Waals surface area (Å²) in [6.45, 7) is 0. The third-order valence-electron chi connectivity index (χ3n) is 2.20. The van der Waals surface area contributed by atoms with Crippen molar-refractivity contribution in [3.05, 3.63) is 47.1 Å². The Bertz CT molecular complexity index is 602. The number of benzene rings is 1. The first kappa shape index (κ1) is 12.2. The number of primary amides is 1. The van der Waals surface area contributed by atoms with Crippen LogP contribution in [0.15, 0.2) is 36.5 Å². The first-order valence-electron chi connectivity index (χ1n) is 5.05. The summed E-state index contributed by atoms with van der Waals surface area (Å²) in [5, 5.41) is 0.330. The van der Waals surface area contributed by atoms with Crippen LogP contribution in [0.2, 0.25) is 5.02 Å². The first-order chi connectivity index (χ1) is 8.58. The Morgan fingerprint density at radius 3 is 2.78 bits per heavy atom. The third-order valence-corrected chi connectivity index (χ3v) is 2.49. The Morgan fingerprint density at radius 1 is 1.33 bits per heavy atom. The normalized spacial score (nSPS) is 10.1. The van der Waals surface area contributed by atoms with Gasteiger partial charge in [-0.2, -0.15) is 0 Å². The van der Waals surface area contributed by atoms with Gasteiger partial charge in [0.25, 0.3) is 5.91 Å². The molecule has 0 unspecified atom stereocenters. The summed E-state index contributed by atoms with van der Waals surface area (Å²) in [6.07, 6.45) is 1.49. The van der Waals surface area contributed by atoms with E-state index < -0.39 is 5.91 Å². The van der Waals surface area contributed by atoms with E-state index in [1.165, 1.54) is 12.3 Å². The van der Waals surface area contributed by atoms with Gasteiger partial charge in [0.2, 0.25) is 5.88 Å². The molecule has 0 spiro atoms. The van der Waals surface area contributed by atoms with Gasteiger partial charge in [0.1, 0.15) is 11.3 Å². The lowest BCUT2D eigenvalue weighted by atomic mass is 10.2. The number of carbonyl (C=O) groups is 1. The average molecular weight is 264 g/mol. The molecule has 18 heavy (non-hydrogen) atoms. The summed E-state index contributed by atoms with van der Waals surface area (Å²) in [4.78, 5) is 15.1. The highest BCUT2D eigenvalue weighted by Crippen LogP contribution is 2.31. The van der Waals surface area contributed by atoms with E-state index in [1.54, 1.807) is 24.3 Å². The number of nitrogens with two attached hydrogens (primary N) is 2. The summed E-state index contributed by atoms with van der Waals surface area (Å²) in [7, 11) is 0. The Labute approximate surface area is 108 Å². The van der Waals surface area contributed by atoms with Gasteiger partial charge in [-0.3, -0.25) is 4.79 Å². The molecule has 1 heterocycles. The van der Waals surface area contributed by atoms with Gasteiger partial charge >= 0.3 is 0 Å². The molecule has 0 saturated heterocycles. The Kier molecular flexibility index (Phi) is 3.34. The van der Waals surface area contributed by atoms with Gasteiger partial charge in [-0.1, -0.05) is 11.6 Å². The zero-order valence-corrected chi connectivity index (χ0v) is 10.0. The van der Waals surface area contributed by atoms with Crippen LogP contribution in [0.1, 0.15) is 10.4 Å². The van der Waals surface area contributed by atoms with Crippen LogP contribution in [0.4, 0.5) is 5.69 Å². The van der Waals surface area contributed by atoms with Crippen molar-refractivity contribution in [2.75, 3.05) is 5.73 Å². The van der Waals surface area contributed by atoms with Crippen LogP contribution in [0.3, 0.4) is 0 Å². The van der Waals surface area contributed by atoms with Crippen LogP contribution in [0.25, 0.3) is 0 Å². The molecule has 0 aliphatic carbocycles. The Hall–Kier alpha value is -2.27. The molecule has 1 aromatic carbocycles.